The molecule has 0 spiro atoms. The summed E-state index contributed by atoms with van der Waals surface area (Å²) in [5.74, 6) is 1.01. The van der Waals surface area contributed by atoms with Gasteiger partial charge in [0.1, 0.15) is 5.75 Å². The van der Waals surface area contributed by atoms with Gasteiger partial charge in [0.2, 0.25) is 0 Å². The molecular weight excluding hydrogens is 280 g/mol. The Bertz CT molecular complexity index is 686. The van der Waals surface area contributed by atoms with Crippen molar-refractivity contribution in [3.8, 4) is 5.75 Å². The number of carbonyl (C=O) groups excluding carboxylic acids is 1. The van der Waals surface area contributed by atoms with Gasteiger partial charge in [-0.2, -0.15) is 5.10 Å². The smallest absolute Gasteiger partial charge is 0.290 e. The summed E-state index contributed by atoms with van der Waals surface area (Å²) in [7, 11) is 1.61. The highest BCUT2D eigenvalue weighted by molar-refractivity contribution is 5.92. The Balaban J connectivity index is 1.55. The number of hydrogen-bond donors (Lipinski definition) is 3. The average Bonchev–Trinajstić information content (AvgIpc) is 3.29. The van der Waals surface area contributed by atoms with Crippen LogP contribution >= 0.6 is 0 Å². The number of aromatic amines is 1. The van der Waals surface area contributed by atoms with E-state index in [1.807, 2.05) is 24.3 Å². The number of nitrogens with one attached hydrogen (secondary N) is 3. The lowest BCUT2D eigenvalue weighted by Crippen LogP contribution is -2.36. The van der Waals surface area contributed by atoms with Crippen molar-refractivity contribution < 1.29 is 9.53 Å². The van der Waals surface area contributed by atoms with Gasteiger partial charge in [0.05, 0.1) is 12.8 Å². The Morgan fingerprint density at radius 2 is 2.05 bits per heavy atom. The fraction of sp³-hybridized carbons (Fsp3) is 0.250. The normalized spacial score (nSPS) is 13.5. The van der Waals surface area contributed by atoms with Crippen LogP contribution in [0.1, 0.15) is 40.5 Å². The average molecular weight is 298 g/mol. The summed E-state index contributed by atoms with van der Waals surface area (Å²) < 4.78 is 5.10. The number of nitrogens with zero attached hydrogens (tertiary/aromatic N) is 1. The highest BCUT2D eigenvalue weighted by Crippen LogP contribution is 2.38. The van der Waals surface area contributed by atoms with Crippen LogP contribution in [0.15, 0.2) is 36.9 Å². The fourth-order valence-electron chi connectivity index (χ4n) is 2.12. The summed E-state index contributed by atoms with van der Waals surface area (Å²) in [5.41, 5.74) is 8.25. The largest absolute Gasteiger partial charge is 0.497 e. The van der Waals surface area contributed by atoms with E-state index in [1.165, 1.54) is 0 Å². The van der Waals surface area contributed by atoms with Gasteiger partial charge < -0.3 is 4.74 Å². The fourth-order valence-corrected chi connectivity index (χ4v) is 2.12. The Morgan fingerprint density at radius 1 is 1.32 bits per heavy atom. The molecule has 1 aliphatic carbocycles. The maximum atomic E-state index is 12.0. The SMILES string of the molecule is C=C(NNC(=O)c1cc(C2CC2)[nH]n1)c1ccc(OC)cc1. The number of amides is 1. The van der Waals surface area contributed by atoms with Gasteiger partial charge in [-0.25, -0.2) is 0 Å². The summed E-state index contributed by atoms with van der Waals surface area (Å²) in [6.07, 6.45) is 2.32. The summed E-state index contributed by atoms with van der Waals surface area (Å²) >= 11 is 0. The van der Waals surface area contributed by atoms with Crippen LogP contribution in [0.2, 0.25) is 0 Å². The van der Waals surface area contributed by atoms with Crippen LogP contribution in [0, 0.1) is 0 Å². The van der Waals surface area contributed by atoms with Gasteiger partial charge in [-0.15, -0.1) is 0 Å². The Labute approximate surface area is 128 Å². The molecule has 6 nitrogen and oxygen atoms in total. The molecule has 0 atom stereocenters. The molecule has 0 bridgehead atoms. The topological polar surface area (TPSA) is 79.0 Å². The molecule has 0 saturated heterocycles. The standard InChI is InChI=1S/C16H18N4O2/c1-10(11-5-7-13(22-2)8-6-11)17-20-16(21)15-9-14(18-19-15)12-3-4-12/h5-9,12,17H,1,3-4H2,2H3,(H,18,19)(H,20,21). The zero-order valence-corrected chi connectivity index (χ0v) is 12.3. The molecule has 6 heteroatoms. The van der Waals surface area contributed by atoms with Crippen LogP contribution < -0.4 is 15.6 Å². The molecule has 3 N–H and O–H groups in total. The number of carbonyl (C=O) groups is 1. The Kier molecular flexibility index (Phi) is 3.82. The molecule has 1 aliphatic rings. The van der Waals surface area contributed by atoms with E-state index in [9.17, 15) is 4.79 Å². The van der Waals surface area contributed by atoms with Crippen molar-refractivity contribution in [2.24, 2.45) is 0 Å². The molecular formula is C16H18N4O2. The summed E-state index contributed by atoms with van der Waals surface area (Å²) in [5, 5.41) is 6.93. The quantitative estimate of drug-likeness (QED) is 0.714. The second-order valence-corrected chi connectivity index (χ2v) is 5.27. The number of methoxy groups -OCH3 is 1. The minimum Gasteiger partial charge on any atom is -0.497 e. The van der Waals surface area contributed by atoms with Gasteiger partial charge in [0, 0.05) is 11.6 Å². The first kappa shape index (κ1) is 14.2. The number of rotatable bonds is 6. The minimum absolute atomic E-state index is 0.294. The first-order chi connectivity index (χ1) is 10.7. The first-order valence-electron chi connectivity index (χ1n) is 7.12. The summed E-state index contributed by atoms with van der Waals surface area (Å²) in [4.78, 5) is 12.0. The molecule has 3 rings (SSSR count). The molecule has 2 aromatic rings. The van der Waals surface area contributed by atoms with Crippen molar-refractivity contribution in [3.63, 3.8) is 0 Å². The van der Waals surface area contributed by atoms with Crippen molar-refractivity contribution in [1.29, 1.82) is 0 Å². The van der Waals surface area contributed by atoms with E-state index in [4.69, 9.17) is 4.74 Å². The van der Waals surface area contributed by atoms with Crippen LogP contribution in [0.5, 0.6) is 5.75 Å². The lowest BCUT2D eigenvalue weighted by molar-refractivity contribution is 0.0937. The molecule has 1 aromatic carbocycles. The van der Waals surface area contributed by atoms with Crippen LogP contribution in [0.3, 0.4) is 0 Å². The molecule has 1 heterocycles. The van der Waals surface area contributed by atoms with Gasteiger partial charge in [0.25, 0.3) is 5.91 Å². The highest BCUT2D eigenvalue weighted by atomic mass is 16.5. The highest BCUT2D eigenvalue weighted by Gasteiger charge is 2.26. The third-order valence-electron chi connectivity index (χ3n) is 3.61. The molecule has 1 fully saturated rings. The molecule has 1 amide bonds. The van der Waals surface area contributed by atoms with Crippen molar-refractivity contribution >= 4 is 11.6 Å². The number of H-pyrrole nitrogens is 1. The van der Waals surface area contributed by atoms with E-state index >= 15 is 0 Å². The van der Waals surface area contributed by atoms with E-state index in [2.05, 4.69) is 27.6 Å². The zero-order chi connectivity index (χ0) is 15.5. The van der Waals surface area contributed by atoms with Gasteiger partial charge in [0.15, 0.2) is 5.69 Å². The number of aromatic nitrogens is 2. The van der Waals surface area contributed by atoms with Gasteiger partial charge in [-0.3, -0.25) is 20.7 Å². The number of hydrogen-bond acceptors (Lipinski definition) is 4. The zero-order valence-electron chi connectivity index (χ0n) is 12.3. The van der Waals surface area contributed by atoms with Crippen LogP contribution in [0.4, 0.5) is 0 Å². The third kappa shape index (κ3) is 3.11. The van der Waals surface area contributed by atoms with Gasteiger partial charge in [-0.05, 0) is 48.7 Å². The first-order valence-corrected chi connectivity index (χ1v) is 7.12. The molecule has 0 unspecified atom stereocenters. The number of ether oxygens (including phenoxy) is 1. The molecule has 1 aromatic heterocycles. The summed E-state index contributed by atoms with van der Waals surface area (Å²) in [6, 6.07) is 9.18. The lowest BCUT2D eigenvalue weighted by atomic mass is 10.2. The van der Waals surface area contributed by atoms with Crippen LogP contribution in [-0.2, 0) is 0 Å². The third-order valence-corrected chi connectivity index (χ3v) is 3.61. The van der Waals surface area contributed by atoms with Crippen molar-refractivity contribution in [2.45, 2.75) is 18.8 Å². The predicted molar refractivity (Wildman–Crippen MR) is 83.2 cm³/mol. The monoisotopic (exact) mass is 298 g/mol. The van der Waals surface area contributed by atoms with E-state index < -0.39 is 0 Å². The number of hydrazine groups is 1. The van der Waals surface area contributed by atoms with E-state index in [0.717, 1.165) is 29.8 Å². The van der Waals surface area contributed by atoms with Crippen LogP contribution in [-0.4, -0.2) is 23.2 Å². The van der Waals surface area contributed by atoms with Crippen molar-refractivity contribution in [1.82, 2.24) is 21.0 Å². The van der Waals surface area contributed by atoms with E-state index in [1.54, 1.807) is 13.2 Å². The van der Waals surface area contributed by atoms with Gasteiger partial charge in [-0.1, -0.05) is 6.58 Å². The lowest BCUT2D eigenvalue weighted by Gasteiger charge is -2.10. The molecule has 0 aliphatic heterocycles. The maximum Gasteiger partial charge on any atom is 0.290 e. The second-order valence-electron chi connectivity index (χ2n) is 5.27. The van der Waals surface area contributed by atoms with E-state index in [-0.39, 0.29) is 5.91 Å². The summed E-state index contributed by atoms with van der Waals surface area (Å²) in [6.45, 7) is 3.89. The Morgan fingerprint density at radius 3 is 2.68 bits per heavy atom. The van der Waals surface area contributed by atoms with Crippen molar-refractivity contribution in [3.05, 3.63) is 53.9 Å². The van der Waals surface area contributed by atoms with Gasteiger partial charge >= 0.3 is 0 Å². The van der Waals surface area contributed by atoms with E-state index in [0.29, 0.717) is 17.3 Å². The molecule has 0 radical (unpaired) electrons. The van der Waals surface area contributed by atoms with Crippen molar-refractivity contribution in [2.75, 3.05) is 7.11 Å². The maximum absolute atomic E-state index is 12.0. The minimum atomic E-state index is -0.294. The molecule has 22 heavy (non-hydrogen) atoms. The van der Waals surface area contributed by atoms with Crippen LogP contribution in [0.25, 0.3) is 5.70 Å². The second kappa shape index (κ2) is 5.93. The predicted octanol–water partition coefficient (Wildman–Crippen LogP) is 2.20. The Hall–Kier alpha value is -2.76. The molecule has 1 saturated carbocycles. The molecule has 114 valence electrons. The number of benzene rings is 1.